The highest BCUT2D eigenvalue weighted by molar-refractivity contribution is 9.10. The molecule has 1 heterocycles. The third kappa shape index (κ3) is 2.99. The van der Waals surface area contributed by atoms with Gasteiger partial charge in [0.1, 0.15) is 6.04 Å². The molecule has 24 heavy (non-hydrogen) atoms. The van der Waals surface area contributed by atoms with Gasteiger partial charge in [-0.1, -0.05) is 45.8 Å². The molecule has 7 heteroatoms. The Morgan fingerprint density at radius 1 is 1.08 bits per heavy atom. The van der Waals surface area contributed by atoms with E-state index in [0.29, 0.717) is 0 Å². The second-order valence-electron chi connectivity index (χ2n) is 5.61. The molecule has 0 aliphatic carbocycles. The van der Waals surface area contributed by atoms with Crippen molar-refractivity contribution in [1.29, 1.82) is 0 Å². The molecule has 3 rings (SSSR count). The molecule has 0 spiro atoms. The maximum Gasteiger partial charge on any atom is 0.326 e. The number of hydrogen-bond acceptors (Lipinski definition) is 4. The van der Waals surface area contributed by atoms with Crippen molar-refractivity contribution >= 4 is 31.9 Å². The Morgan fingerprint density at radius 2 is 1.67 bits per heavy atom. The van der Waals surface area contributed by atoms with E-state index >= 15 is 0 Å². The molecule has 1 saturated heterocycles. The number of halogens is 1. The van der Waals surface area contributed by atoms with E-state index in [1.165, 1.54) is 11.4 Å². The van der Waals surface area contributed by atoms with Crippen LogP contribution in [0.25, 0.3) is 0 Å². The first-order valence-electron chi connectivity index (χ1n) is 7.30. The van der Waals surface area contributed by atoms with E-state index in [9.17, 15) is 13.2 Å². The molecule has 0 saturated carbocycles. The standard InChI is InChI=1S/C17H16BrNO4S/c1-11-3-9-14(10-4-11)24(21,22)19-15(16(19)17(20)23-2)12-5-7-13(18)8-6-12/h3-10,15-16H,1-2H3/t15-,16-,19?/m0/s1. The summed E-state index contributed by atoms with van der Waals surface area (Å²) in [6.45, 7) is 1.88. The molecule has 1 fully saturated rings. The highest BCUT2D eigenvalue weighted by Crippen LogP contribution is 2.48. The van der Waals surface area contributed by atoms with Crippen LogP contribution in [-0.2, 0) is 19.6 Å². The second-order valence-corrected chi connectivity index (χ2v) is 8.37. The number of benzene rings is 2. The van der Waals surface area contributed by atoms with E-state index in [-0.39, 0.29) is 4.90 Å². The summed E-state index contributed by atoms with van der Waals surface area (Å²) in [5, 5.41) is 0. The predicted molar refractivity (Wildman–Crippen MR) is 92.9 cm³/mol. The lowest BCUT2D eigenvalue weighted by molar-refractivity contribution is -0.140. The minimum absolute atomic E-state index is 0.168. The van der Waals surface area contributed by atoms with Gasteiger partial charge in [0.05, 0.1) is 18.0 Å². The molecule has 1 unspecified atom stereocenters. The maximum absolute atomic E-state index is 12.9. The summed E-state index contributed by atoms with van der Waals surface area (Å²) in [6.07, 6.45) is 0. The van der Waals surface area contributed by atoms with Gasteiger partial charge in [-0.05, 0) is 36.8 Å². The van der Waals surface area contributed by atoms with Crippen LogP contribution in [0.5, 0.6) is 0 Å². The van der Waals surface area contributed by atoms with Gasteiger partial charge in [-0.15, -0.1) is 0 Å². The van der Waals surface area contributed by atoms with Gasteiger partial charge >= 0.3 is 5.97 Å². The van der Waals surface area contributed by atoms with Crippen molar-refractivity contribution in [3.8, 4) is 0 Å². The van der Waals surface area contributed by atoms with Gasteiger partial charge in [-0.2, -0.15) is 4.31 Å². The Kier molecular flexibility index (Phi) is 4.50. The molecule has 2 aromatic carbocycles. The topological polar surface area (TPSA) is 63.5 Å². The van der Waals surface area contributed by atoms with Gasteiger partial charge in [0.2, 0.25) is 10.0 Å². The molecule has 0 amide bonds. The van der Waals surface area contributed by atoms with E-state index in [1.807, 2.05) is 19.1 Å². The number of methoxy groups -OCH3 is 1. The zero-order valence-corrected chi connectivity index (χ0v) is 15.5. The molecule has 1 aliphatic rings. The third-order valence-electron chi connectivity index (χ3n) is 4.01. The van der Waals surface area contributed by atoms with Crippen LogP contribution in [0.1, 0.15) is 17.2 Å². The van der Waals surface area contributed by atoms with Crippen molar-refractivity contribution in [3.63, 3.8) is 0 Å². The number of nitrogens with zero attached hydrogens (tertiary/aromatic N) is 1. The third-order valence-corrected chi connectivity index (χ3v) is 6.41. The van der Waals surface area contributed by atoms with Gasteiger partial charge in [-0.3, -0.25) is 4.79 Å². The van der Waals surface area contributed by atoms with Gasteiger partial charge in [-0.25, -0.2) is 8.42 Å². The summed E-state index contributed by atoms with van der Waals surface area (Å²) in [5.74, 6) is -0.557. The Labute approximate surface area is 149 Å². The average molecular weight is 410 g/mol. The van der Waals surface area contributed by atoms with Crippen LogP contribution in [0.3, 0.4) is 0 Å². The molecule has 0 N–H and O–H groups in total. The van der Waals surface area contributed by atoms with Crippen LogP contribution in [0.4, 0.5) is 0 Å². The molecule has 0 aromatic heterocycles. The fraction of sp³-hybridized carbons (Fsp3) is 0.235. The number of aryl methyl sites for hydroxylation is 1. The first-order chi connectivity index (χ1) is 11.4. The molecule has 0 radical (unpaired) electrons. The number of carbonyl (C=O) groups is 1. The second kappa shape index (κ2) is 6.31. The van der Waals surface area contributed by atoms with E-state index in [1.54, 1.807) is 36.4 Å². The first-order valence-corrected chi connectivity index (χ1v) is 9.53. The molecule has 5 nitrogen and oxygen atoms in total. The maximum atomic E-state index is 12.9. The zero-order valence-electron chi connectivity index (χ0n) is 13.1. The van der Waals surface area contributed by atoms with Crippen LogP contribution in [-0.4, -0.2) is 31.8 Å². The number of sulfonamides is 1. The minimum Gasteiger partial charge on any atom is -0.468 e. The van der Waals surface area contributed by atoms with Crippen molar-refractivity contribution in [2.45, 2.75) is 23.9 Å². The van der Waals surface area contributed by atoms with Gasteiger partial charge in [0.15, 0.2) is 0 Å². The monoisotopic (exact) mass is 409 g/mol. The Balaban J connectivity index is 1.99. The highest BCUT2D eigenvalue weighted by Gasteiger charge is 2.61. The summed E-state index contributed by atoms with van der Waals surface area (Å²) in [5.41, 5.74) is 1.72. The number of carbonyl (C=O) groups excluding carboxylic acids is 1. The van der Waals surface area contributed by atoms with Crippen molar-refractivity contribution in [3.05, 3.63) is 64.1 Å². The van der Waals surface area contributed by atoms with Gasteiger partial charge in [0, 0.05) is 4.47 Å². The Morgan fingerprint density at radius 3 is 2.21 bits per heavy atom. The van der Waals surface area contributed by atoms with E-state index in [4.69, 9.17) is 4.74 Å². The van der Waals surface area contributed by atoms with Crippen molar-refractivity contribution in [2.75, 3.05) is 7.11 Å². The van der Waals surface area contributed by atoms with Crippen LogP contribution in [0, 0.1) is 6.92 Å². The van der Waals surface area contributed by atoms with Crippen molar-refractivity contribution < 1.29 is 17.9 Å². The number of esters is 1. The lowest BCUT2D eigenvalue weighted by Crippen LogP contribution is -2.20. The number of ether oxygens (including phenoxy) is 1. The van der Waals surface area contributed by atoms with E-state index < -0.39 is 28.1 Å². The SMILES string of the molecule is COC(=O)[C@@H]1[C@H](c2ccc(Br)cc2)N1S(=O)(=O)c1ccc(C)cc1. The fourth-order valence-corrected chi connectivity index (χ4v) is 4.65. The quantitative estimate of drug-likeness (QED) is 0.574. The van der Waals surface area contributed by atoms with Crippen LogP contribution >= 0.6 is 15.9 Å². The van der Waals surface area contributed by atoms with Crippen LogP contribution in [0.15, 0.2) is 57.9 Å². The molecule has 2 aromatic rings. The first kappa shape index (κ1) is 17.1. The van der Waals surface area contributed by atoms with Gasteiger partial charge in [0.25, 0.3) is 0 Å². The predicted octanol–water partition coefficient (Wildman–Crippen LogP) is 3.04. The smallest absolute Gasteiger partial charge is 0.326 e. The minimum atomic E-state index is -3.77. The van der Waals surface area contributed by atoms with E-state index in [2.05, 4.69) is 15.9 Å². The molecular weight excluding hydrogens is 394 g/mol. The normalized spacial score (nSPS) is 22.9. The number of rotatable bonds is 4. The van der Waals surface area contributed by atoms with Crippen molar-refractivity contribution in [2.24, 2.45) is 0 Å². The average Bonchev–Trinajstić information content (AvgIpc) is 3.31. The fourth-order valence-electron chi connectivity index (χ4n) is 2.69. The Bertz CT molecular complexity index is 862. The molecular formula is C17H16BrNO4S. The Hall–Kier alpha value is -1.70. The lowest BCUT2D eigenvalue weighted by Gasteiger charge is -2.07. The highest BCUT2D eigenvalue weighted by atomic mass is 79.9. The molecule has 0 bridgehead atoms. The lowest BCUT2D eigenvalue weighted by atomic mass is 10.1. The largest absolute Gasteiger partial charge is 0.468 e. The zero-order chi connectivity index (χ0) is 17.5. The van der Waals surface area contributed by atoms with Crippen molar-refractivity contribution in [1.82, 2.24) is 4.31 Å². The van der Waals surface area contributed by atoms with E-state index in [0.717, 1.165) is 15.6 Å². The number of hydrogen-bond donors (Lipinski definition) is 0. The summed E-state index contributed by atoms with van der Waals surface area (Å²) in [7, 11) is -2.51. The molecule has 1 aliphatic heterocycles. The summed E-state index contributed by atoms with van der Waals surface area (Å²) >= 11 is 3.35. The summed E-state index contributed by atoms with van der Waals surface area (Å²) in [4.78, 5) is 12.2. The molecule has 126 valence electrons. The molecule has 3 atom stereocenters. The summed E-state index contributed by atoms with van der Waals surface area (Å²) < 4.78 is 32.7. The van der Waals surface area contributed by atoms with Gasteiger partial charge < -0.3 is 4.74 Å². The van der Waals surface area contributed by atoms with Crippen LogP contribution < -0.4 is 0 Å². The summed E-state index contributed by atoms with van der Waals surface area (Å²) in [6, 6.07) is 12.4. The van der Waals surface area contributed by atoms with Crippen LogP contribution in [0.2, 0.25) is 0 Å².